The second-order valence-corrected chi connectivity index (χ2v) is 22.7. The molecule has 16 nitrogen and oxygen atoms in total. The average Bonchev–Trinajstić information content (AvgIpc) is 4.10. The van der Waals surface area contributed by atoms with E-state index < -0.39 is 19.1 Å². The number of para-hydroxylation sites is 1. The van der Waals surface area contributed by atoms with E-state index in [0.29, 0.717) is 24.2 Å². The summed E-state index contributed by atoms with van der Waals surface area (Å²) in [7, 11) is -0.946. The maximum absolute atomic E-state index is 13.7. The molecule has 1 saturated carbocycles. The minimum Gasteiger partial charge on any atom is -0.488 e. The number of hydrogen-bond acceptors (Lipinski definition) is 13. The number of aryl methyl sites for hydroxylation is 4. The Kier molecular flexibility index (Phi) is 12.4. The third-order valence-corrected chi connectivity index (χ3v) is 15.8. The van der Waals surface area contributed by atoms with Gasteiger partial charge in [0.1, 0.15) is 24.8 Å². The lowest BCUT2D eigenvalue weighted by Gasteiger charge is -2.43. The van der Waals surface area contributed by atoms with E-state index in [9.17, 15) is 18.9 Å². The number of piperidine rings is 2. The molecule has 3 saturated heterocycles. The number of ether oxygens (including phenoxy) is 1. The van der Waals surface area contributed by atoms with Crippen molar-refractivity contribution in [3.63, 3.8) is 0 Å². The number of carbonyl (C=O) groups is 2. The summed E-state index contributed by atoms with van der Waals surface area (Å²) in [5.41, 5.74) is 8.95. The van der Waals surface area contributed by atoms with Gasteiger partial charge in [0, 0.05) is 105 Å². The Morgan fingerprint density at radius 3 is 2.35 bits per heavy atom. The maximum Gasteiger partial charge on any atom is 0.329 e. The van der Waals surface area contributed by atoms with Crippen LogP contribution in [-0.4, -0.2) is 117 Å². The molecule has 6 aromatic rings. The van der Waals surface area contributed by atoms with Gasteiger partial charge in [-0.25, -0.2) is 9.78 Å². The molecule has 0 bridgehead atoms. The molecule has 10 rings (SSSR count). The predicted molar refractivity (Wildman–Crippen MR) is 269 cm³/mol. The highest BCUT2D eigenvalue weighted by molar-refractivity contribution is 7.71. The number of amides is 2. The fourth-order valence-corrected chi connectivity index (χ4v) is 12.0. The lowest BCUT2D eigenvalue weighted by Crippen LogP contribution is -2.53. The smallest absolute Gasteiger partial charge is 0.329 e. The summed E-state index contributed by atoms with van der Waals surface area (Å²) in [4.78, 5) is 60.0. The summed E-state index contributed by atoms with van der Waals surface area (Å²) in [5, 5.41) is 11.0. The summed E-state index contributed by atoms with van der Waals surface area (Å²) >= 11 is 0. The largest absolute Gasteiger partial charge is 0.488 e. The topological polar surface area (TPSA) is 172 Å². The molecule has 17 heteroatoms. The first-order valence-corrected chi connectivity index (χ1v) is 26.7. The summed E-state index contributed by atoms with van der Waals surface area (Å²) in [6.45, 7) is 16.5. The van der Waals surface area contributed by atoms with Gasteiger partial charge in [-0.1, -0.05) is 18.2 Å². The molecule has 0 radical (unpaired) electrons. The summed E-state index contributed by atoms with van der Waals surface area (Å²) in [5.74, 6) is 1.16. The SMILES string of the molecule is Cc1ccc2c(P(C)(C)=O)c(Nc3nc(Nc4cc(C)c(N5CCC(N6CCN(CCc7cccc8c7n(C)c(=O)n8C7CCC(=O)NC7=O)CC6)CC5)cc4OC4CC4)ncc3C)ccc2n1. The first-order chi connectivity index (χ1) is 32.7. The van der Waals surface area contributed by atoms with E-state index >= 15 is 0 Å². The van der Waals surface area contributed by atoms with Crippen molar-refractivity contribution in [3.8, 4) is 5.75 Å². The van der Waals surface area contributed by atoms with Crippen LogP contribution in [0.4, 0.5) is 28.8 Å². The van der Waals surface area contributed by atoms with Crippen LogP contribution in [0.3, 0.4) is 0 Å². The van der Waals surface area contributed by atoms with Gasteiger partial charge in [-0.15, -0.1) is 0 Å². The zero-order chi connectivity index (χ0) is 47.4. The molecule has 2 amide bonds. The van der Waals surface area contributed by atoms with Crippen molar-refractivity contribution in [2.45, 2.75) is 83.9 Å². The number of imide groups is 1. The molecule has 356 valence electrons. The number of carbonyl (C=O) groups excluding carboxylic acids is 2. The zero-order valence-electron chi connectivity index (χ0n) is 40.0. The van der Waals surface area contributed by atoms with Crippen molar-refractivity contribution in [1.82, 2.24) is 39.2 Å². The van der Waals surface area contributed by atoms with Crippen molar-refractivity contribution in [1.29, 1.82) is 0 Å². The van der Waals surface area contributed by atoms with E-state index in [2.05, 4.69) is 65.7 Å². The van der Waals surface area contributed by atoms with Crippen LogP contribution in [0.15, 0.2) is 65.6 Å². The van der Waals surface area contributed by atoms with E-state index in [1.165, 1.54) is 5.69 Å². The highest BCUT2D eigenvalue weighted by atomic mass is 31.2. The van der Waals surface area contributed by atoms with Gasteiger partial charge in [-0.3, -0.25) is 33.9 Å². The number of hydrogen-bond donors (Lipinski definition) is 3. The van der Waals surface area contributed by atoms with E-state index in [1.54, 1.807) is 35.7 Å². The molecular weight excluding hydrogens is 878 g/mol. The number of rotatable bonds is 13. The Bertz CT molecular complexity index is 3050. The van der Waals surface area contributed by atoms with Gasteiger partial charge in [0.2, 0.25) is 17.8 Å². The second kappa shape index (κ2) is 18.4. The van der Waals surface area contributed by atoms with Crippen LogP contribution in [0.1, 0.15) is 67.0 Å². The molecule has 1 unspecified atom stereocenters. The minimum absolute atomic E-state index is 0.199. The molecule has 4 fully saturated rings. The van der Waals surface area contributed by atoms with Crippen LogP contribution in [0, 0.1) is 20.8 Å². The Morgan fingerprint density at radius 1 is 0.838 bits per heavy atom. The first-order valence-electron chi connectivity index (χ1n) is 24.1. The van der Waals surface area contributed by atoms with Gasteiger partial charge < -0.3 is 29.7 Å². The van der Waals surface area contributed by atoms with Crippen LogP contribution >= 0.6 is 7.14 Å². The van der Waals surface area contributed by atoms with E-state index in [0.717, 1.165) is 145 Å². The fraction of sp³-hybridized carbons (Fsp3) is 0.451. The minimum atomic E-state index is -2.72. The van der Waals surface area contributed by atoms with Crippen LogP contribution in [-0.2, 0) is 27.6 Å². The molecule has 6 heterocycles. The van der Waals surface area contributed by atoms with E-state index in [-0.39, 0.29) is 24.1 Å². The van der Waals surface area contributed by atoms with Crippen LogP contribution in [0.2, 0.25) is 0 Å². The molecule has 68 heavy (non-hydrogen) atoms. The average molecular weight is 940 g/mol. The zero-order valence-corrected chi connectivity index (χ0v) is 40.9. The van der Waals surface area contributed by atoms with Crippen molar-refractivity contribution in [2.24, 2.45) is 7.05 Å². The fourth-order valence-electron chi connectivity index (χ4n) is 10.5. The number of pyridine rings is 1. The number of aromatic nitrogens is 5. The number of nitrogens with zero attached hydrogens (tertiary/aromatic N) is 8. The van der Waals surface area contributed by atoms with Crippen molar-refractivity contribution < 1.29 is 18.9 Å². The number of nitrogens with one attached hydrogen (secondary N) is 3. The van der Waals surface area contributed by atoms with E-state index in [4.69, 9.17) is 9.72 Å². The predicted octanol–water partition coefficient (Wildman–Crippen LogP) is 6.69. The molecule has 3 aromatic heterocycles. The Labute approximate surface area is 396 Å². The Morgan fingerprint density at radius 2 is 1.62 bits per heavy atom. The van der Waals surface area contributed by atoms with Gasteiger partial charge in [0.15, 0.2) is 0 Å². The third-order valence-electron chi connectivity index (χ3n) is 14.2. The highest BCUT2D eigenvalue weighted by Gasteiger charge is 2.33. The van der Waals surface area contributed by atoms with Crippen LogP contribution in [0.5, 0.6) is 5.75 Å². The normalized spacial score (nSPS) is 18.9. The highest BCUT2D eigenvalue weighted by Crippen LogP contribution is 2.43. The third kappa shape index (κ3) is 9.25. The molecule has 0 spiro atoms. The van der Waals surface area contributed by atoms with E-state index in [1.807, 2.05) is 50.2 Å². The number of piperazine rings is 1. The number of benzene rings is 3. The van der Waals surface area contributed by atoms with Crippen LogP contribution < -0.4 is 36.6 Å². The van der Waals surface area contributed by atoms with Gasteiger partial charge in [-0.05, 0) is 114 Å². The first kappa shape index (κ1) is 45.7. The Balaban J connectivity index is 0.771. The molecular formula is C51H62N11O5P. The molecule has 3 N–H and O–H groups in total. The lowest BCUT2D eigenvalue weighted by atomic mass is 10.00. The summed E-state index contributed by atoms with van der Waals surface area (Å²) < 4.78 is 23.5. The van der Waals surface area contributed by atoms with Crippen LogP contribution in [0.25, 0.3) is 21.9 Å². The summed E-state index contributed by atoms with van der Waals surface area (Å²) in [6, 6.07) is 18.0. The molecule has 1 aliphatic carbocycles. The van der Waals surface area contributed by atoms with Crippen molar-refractivity contribution >= 4 is 75.0 Å². The molecule has 3 aliphatic heterocycles. The molecule has 1 atom stereocenters. The maximum atomic E-state index is 13.7. The number of imidazole rings is 1. The van der Waals surface area contributed by atoms with Gasteiger partial charge in [-0.2, -0.15) is 4.98 Å². The molecule has 3 aromatic carbocycles. The Hall–Kier alpha value is -6.09. The second-order valence-electron chi connectivity index (χ2n) is 19.6. The van der Waals surface area contributed by atoms with Crippen molar-refractivity contribution in [3.05, 3.63) is 93.7 Å². The van der Waals surface area contributed by atoms with Gasteiger partial charge >= 0.3 is 5.69 Å². The number of anilines is 5. The van der Waals surface area contributed by atoms with Gasteiger partial charge in [0.05, 0.1) is 34.0 Å². The van der Waals surface area contributed by atoms with Crippen molar-refractivity contribution in [2.75, 3.05) is 74.7 Å². The standard InChI is InChI=1S/C51H62N11O5P/c1-31-28-40(55-50-52-30-32(2)48(57-50)54-39-15-14-38-37(13-10-33(3)53-38)47(39)68(5,6)66)44(67-36-11-12-36)29-43(31)61-22-19-35(20-23-61)60-26-24-59(25-27-60)21-18-34-8-7-9-41-46(34)58(4)51(65)62(41)42-16-17-45(63)56-49(42)64/h7-10,13-15,28-30,35-36,42H,11-12,16-27H2,1-6H3,(H,56,63,64)(H2,52,54,55,57). The van der Waals surface area contributed by atoms with Gasteiger partial charge in [0.25, 0.3) is 0 Å². The summed E-state index contributed by atoms with van der Waals surface area (Å²) in [6.07, 6.45) is 7.59. The quantitative estimate of drug-likeness (QED) is 0.0828. The monoisotopic (exact) mass is 939 g/mol. The number of fused-ring (bicyclic) bond motifs is 2. The molecule has 4 aliphatic rings. The lowest BCUT2D eigenvalue weighted by molar-refractivity contribution is -0.135.